The Morgan fingerprint density at radius 3 is 1.78 bits per heavy atom. The Bertz CT molecular complexity index is 455. The predicted molar refractivity (Wildman–Crippen MR) is 55.2 cm³/mol. The lowest BCUT2D eigenvalue weighted by Gasteiger charge is -2.14. The van der Waals surface area contributed by atoms with Gasteiger partial charge in [-0.25, -0.2) is 22.0 Å². The molecule has 0 aliphatic heterocycles. The van der Waals surface area contributed by atoms with Gasteiger partial charge in [0.2, 0.25) is 5.82 Å². The third-order valence-electron chi connectivity index (χ3n) is 2.42. The average molecular weight is 266 g/mol. The van der Waals surface area contributed by atoms with Crippen LogP contribution < -0.4 is 0 Å². The summed E-state index contributed by atoms with van der Waals surface area (Å²) in [7, 11) is 0. The molecule has 0 amide bonds. The molecule has 1 rings (SSSR count). The van der Waals surface area contributed by atoms with Gasteiger partial charge in [0.25, 0.3) is 0 Å². The summed E-state index contributed by atoms with van der Waals surface area (Å²) in [5, 5.41) is 9.49. The topological polar surface area (TPSA) is 20.2 Å². The second-order valence-electron chi connectivity index (χ2n) is 4.00. The van der Waals surface area contributed by atoms with Crippen LogP contribution >= 0.6 is 0 Å². The monoisotopic (exact) mass is 266 g/mol. The lowest BCUT2D eigenvalue weighted by molar-refractivity contribution is 0.154. The van der Waals surface area contributed by atoms with Crippen molar-refractivity contribution in [2.24, 2.45) is 0 Å². The summed E-state index contributed by atoms with van der Waals surface area (Å²) in [5.41, 5.74) is -0.578. The lowest BCUT2D eigenvalue weighted by atomic mass is 10.0. The van der Waals surface area contributed by atoms with Crippen molar-refractivity contribution in [1.82, 2.24) is 0 Å². The third kappa shape index (κ3) is 2.69. The van der Waals surface area contributed by atoms with E-state index in [2.05, 4.69) is 6.58 Å². The zero-order valence-electron chi connectivity index (χ0n) is 9.54. The van der Waals surface area contributed by atoms with Crippen LogP contribution in [-0.4, -0.2) is 5.11 Å². The molecule has 0 heterocycles. The maximum Gasteiger partial charge on any atom is 0.200 e. The number of allylic oxidation sites excluding steroid dienone is 1. The van der Waals surface area contributed by atoms with Gasteiger partial charge in [0.1, 0.15) is 0 Å². The molecule has 0 aliphatic rings. The Labute approximate surface area is 101 Å². The number of hydrogen-bond donors (Lipinski definition) is 1. The molecule has 6 heteroatoms. The number of aliphatic hydroxyl groups excluding tert-OH is 1. The van der Waals surface area contributed by atoms with E-state index in [-0.39, 0.29) is 12.8 Å². The molecular weight excluding hydrogens is 255 g/mol. The molecule has 100 valence electrons. The van der Waals surface area contributed by atoms with Gasteiger partial charge in [-0.1, -0.05) is 5.57 Å². The largest absolute Gasteiger partial charge is 0.388 e. The van der Waals surface area contributed by atoms with E-state index in [0.29, 0.717) is 5.57 Å². The summed E-state index contributed by atoms with van der Waals surface area (Å²) in [6.07, 6.45) is -1.74. The van der Waals surface area contributed by atoms with Crippen molar-refractivity contribution in [2.75, 3.05) is 0 Å². The Balaban J connectivity index is 3.20. The smallest absolute Gasteiger partial charge is 0.200 e. The summed E-state index contributed by atoms with van der Waals surface area (Å²) in [6.45, 7) is 5.12. The van der Waals surface area contributed by atoms with E-state index in [4.69, 9.17) is 0 Å². The van der Waals surface area contributed by atoms with Crippen molar-refractivity contribution >= 4 is 0 Å². The first-order valence-electron chi connectivity index (χ1n) is 5.11. The van der Waals surface area contributed by atoms with Crippen LogP contribution in [0.4, 0.5) is 22.0 Å². The van der Waals surface area contributed by atoms with E-state index >= 15 is 0 Å². The molecule has 1 aromatic carbocycles. The van der Waals surface area contributed by atoms with Crippen molar-refractivity contribution < 1.29 is 27.1 Å². The number of rotatable bonds is 4. The van der Waals surface area contributed by atoms with Gasteiger partial charge >= 0.3 is 0 Å². The molecule has 0 aromatic heterocycles. The molecule has 0 radical (unpaired) electrons. The zero-order valence-corrected chi connectivity index (χ0v) is 9.54. The molecule has 0 spiro atoms. The fourth-order valence-electron chi connectivity index (χ4n) is 1.44. The Morgan fingerprint density at radius 2 is 1.39 bits per heavy atom. The van der Waals surface area contributed by atoms with Crippen LogP contribution in [0.3, 0.4) is 0 Å². The molecule has 0 fully saturated rings. The highest BCUT2D eigenvalue weighted by Crippen LogP contribution is 2.30. The quantitative estimate of drug-likeness (QED) is 0.380. The molecule has 1 aromatic rings. The van der Waals surface area contributed by atoms with Gasteiger partial charge in [0.15, 0.2) is 23.3 Å². The Morgan fingerprint density at radius 1 is 1.00 bits per heavy atom. The van der Waals surface area contributed by atoms with Gasteiger partial charge in [-0.15, -0.1) is 6.58 Å². The van der Waals surface area contributed by atoms with Gasteiger partial charge in [-0.2, -0.15) is 0 Å². The van der Waals surface area contributed by atoms with Crippen LogP contribution in [0.1, 0.15) is 31.4 Å². The molecule has 0 saturated heterocycles. The SMILES string of the molecule is C=C(C)CCC(O)c1c(F)c(F)c(F)c(F)c1F. The van der Waals surface area contributed by atoms with Crippen molar-refractivity contribution in [1.29, 1.82) is 0 Å². The van der Waals surface area contributed by atoms with Crippen LogP contribution in [0, 0.1) is 29.1 Å². The van der Waals surface area contributed by atoms with Crippen LogP contribution in [0.5, 0.6) is 0 Å². The highest BCUT2D eigenvalue weighted by Gasteiger charge is 2.29. The highest BCUT2D eigenvalue weighted by atomic mass is 19.2. The minimum absolute atomic E-state index is 0.173. The van der Waals surface area contributed by atoms with E-state index in [1.54, 1.807) is 6.92 Å². The standard InChI is InChI=1S/C12H11F5O/c1-5(2)3-4-6(18)7-8(13)10(15)12(17)11(16)9(7)14/h6,18H,1,3-4H2,2H3. The number of hydrogen-bond acceptors (Lipinski definition) is 1. The van der Waals surface area contributed by atoms with Crippen LogP contribution in [0.15, 0.2) is 12.2 Å². The van der Waals surface area contributed by atoms with Gasteiger partial charge < -0.3 is 5.11 Å². The number of aliphatic hydroxyl groups is 1. The summed E-state index contributed by atoms with van der Waals surface area (Å²) in [5.74, 6) is -10.3. The van der Waals surface area contributed by atoms with Gasteiger partial charge in [-0.05, 0) is 19.8 Å². The van der Waals surface area contributed by atoms with Crippen LogP contribution in [-0.2, 0) is 0 Å². The van der Waals surface area contributed by atoms with E-state index in [1.807, 2.05) is 0 Å². The maximum atomic E-state index is 13.3. The Hall–Kier alpha value is -1.43. The Kier molecular flexibility index (Phi) is 4.45. The molecular formula is C12H11F5O. The first-order chi connectivity index (χ1) is 8.27. The van der Waals surface area contributed by atoms with E-state index < -0.39 is 40.8 Å². The lowest BCUT2D eigenvalue weighted by Crippen LogP contribution is -2.11. The summed E-state index contributed by atoms with van der Waals surface area (Å²) >= 11 is 0. The van der Waals surface area contributed by atoms with Gasteiger partial charge in [0.05, 0.1) is 11.7 Å². The van der Waals surface area contributed by atoms with Crippen molar-refractivity contribution in [3.8, 4) is 0 Å². The van der Waals surface area contributed by atoms with Gasteiger partial charge in [-0.3, -0.25) is 0 Å². The minimum Gasteiger partial charge on any atom is -0.388 e. The summed E-state index contributed by atoms with van der Waals surface area (Å²) in [6, 6.07) is 0. The molecule has 1 unspecified atom stereocenters. The fraction of sp³-hybridized carbons (Fsp3) is 0.333. The molecule has 1 N–H and O–H groups in total. The average Bonchev–Trinajstić information content (AvgIpc) is 2.31. The molecule has 1 atom stereocenters. The van der Waals surface area contributed by atoms with E-state index in [9.17, 15) is 27.1 Å². The van der Waals surface area contributed by atoms with Crippen molar-refractivity contribution in [3.63, 3.8) is 0 Å². The molecule has 18 heavy (non-hydrogen) atoms. The number of benzene rings is 1. The molecule has 1 nitrogen and oxygen atoms in total. The molecule has 0 saturated carbocycles. The predicted octanol–water partition coefficient (Wildman–Crippen LogP) is 3.77. The second-order valence-corrected chi connectivity index (χ2v) is 4.00. The second kappa shape index (κ2) is 5.48. The first-order valence-corrected chi connectivity index (χ1v) is 5.11. The normalized spacial score (nSPS) is 12.6. The third-order valence-corrected chi connectivity index (χ3v) is 2.42. The van der Waals surface area contributed by atoms with E-state index in [1.165, 1.54) is 0 Å². The van der Waals surface area contributed by atoms with Crippen molar-refractivity contribution in [3.05, 3.63) is 46.8 Å². The minimum atomic E-state index is -2.24. The highest BCUT2D eigenvalue weighted by molar-refractivity contribution is 5.26. The number of halogens is 5. The van der Waals surface area contributed by atoms with Crippen LogP contribution in [0.25, 0.3) is 0 Å². The first kappa shape index (κ1) is 14.6. The molecule has 0 bridgehead atoms. The molecule has 0 aliphatic carbocycles. The summed E-state index contributed by atoms with van der Waals surface area (Å²) < 4.78 is 65.0. The van der Waals surface area contributed by atoms with Crippen LogP contribution in [0.2, 0.25) is 0 Å². The summed E-state index contributed by atoms with van der Waals surface area (Å²) in [4.78, 5) is 0. The van der Waals surface area contributed by atoms with Gasteiger partial charge in [0, 0.05) is 0 Å². The van der Waals surface area contributed by atoms with Crippen molar-refractivity contribution in [2.45, 2.75) is 25.9 Å². The van der Waals surface area contributed by atoms with E-state index in [0.717, 1.165) is 0 Å². The zero-order chi connectivity index (χ0) is 14.0. The fourth-order valence-corrected chi connectivity index (χ4v) is 1.44. The maximum absolute atomic E-state index is 13.3.